The summed E-state index contributed by atoms with van der Waals surface area (Å²) < 4.78 is 44.0. The number of benzene rings is 4. The summed E-state index contributed by atoms with van der Waals surface area (Å²) in [5, 5.41) is 0. The summed E-state index contributed by atoms with van der Waals surface area (Å²) >= 11 is 0. The Morgan fingerprint density at radius 3 is 1.61 bits per heavy atom. The van der Waals surface area contributed by atoms with Crippen molar-refractivity contribution in [2.75, 3.05) is 33.0 Å². The van der Waals surface area contributed by atoms with E-state index >= 15 is 0 Å². The number of carbonyl (C=O) groups excluding carboxylic acids is 3. The summed E-state index contributed by atoms with van der Waals surface area (Å²) in [7, 11) is 0. The Morgan fingerprint density at radius 1 is 0.612 bits per heavy atom. The highest BCUT2D eigenvalue weighted by Gasteiger charge is 2.10. The first kappa shape index (κ1) is 36.1. The van der Waals surface area contributed by atoms with Crippen LogP contribution in [0.3, 0.4) is 0 Å². The van der Waals surface area contributed by atoms with Crippen molar-refractivity contribution in [3.63, 3.8) is 0 Å². The molecular formula is C39H37FO9. The van der Waals surface area contributed by atoms with Gasteiger partial charge in [-0.25, -0.2) is 14.4 Å². The molecule has 49 heavy (non-hydrogen) atoms. The SMILES string of the molecule is C=COC(=O)COCCCOc1ccc(C(=O)Oc2ccc(-c3ccc(-c4ccc(OCCCCOC(=O)C(=C)F)cc4)cc3)cc2)cc1. The lowest BCUT2D eigenvalue weighted by molar-refractivity contribution is -0.143. The van der Waals surface area contributed by atoms with Crippen LogP contribution in [0.5, 0.6) is 17.2 Å². The van der Waals surface area contributed by atoms with Crippen molar-refractivity contribution < 1.29 is 47.2 Å². The minimum absolute atomic E-state index is 0.116. The predicted octanol–water partition coefficient (Wildman–Crippen LogP) is 7.90. The van der Waals surface area contributed by atoms with Gasteiger partial charge in [0.25, 0.3) is 0 Å². The number of carbonyl (C=O) groups is 3. The molecule has 4 rings (SSSR count). The fraction of sp³-hybridized carbons (Fsp3) is 0.205. The van der Waals surface area contributed by atoms with Crippen molar-refractivity contribution in [2.24, 2.45) is 0 Å². The molecule has 0 aromatic heterocycles. The summed E-state index contributed by atoms with van der Waals surface area (Å²) in [6, 6.07) is 29.8. The molecule has 4 aromatic rings. The maximum absolute atomic E-state index is 12.7. The topological polar surface area (TPSA) is 107 Å². The van der Waals surface area contributed by atoms with Crippen molar-refractivity contribution in [3.8, 4) is 39.5 Å². The van der Waals surface area contributed by atoms with Crippen LogP contribution in [-0.4, -0.2) is 50.9 Å². The second-order valence-electron chi connectivity index (χ2n) is 10.5. The second kappa shape index (κ2) is 19.2. The van der Waals surface area contributed by atoms with Gasteiger partial charge in [0.1, 0.15) is 23.9 Å². The van der Waals surface area contributed by atoms with Gasteiger partial charge < -0.3 is 28.4 Å². The van der Waals surface area contributed by atoms with Crippen LogP contribution in [0.15, 0.2) is 122 Å². The van der Waals surface area contributed by atoms with Crippen LogP contribution in [0.4, 0.5) is 4.39 Å². The van der Waals surface area contributed by atoms with E-state index in [4.69, 9.17) is 23.7 Å². The van der Waals surface area contributed by atoms with Crippen LogP contribution in [0.2, 0.25) is 0 Å². The highest BCUT2D eigenvalue weighted by atomic mass is 19.1. The molecule has 4 aromatic carbocycles. The van der Waals surface area contributed by atoms with Gasteiger partial charge in [-0.05, 0) is 83.6 Å². The molecule has 0 spiro atoms. The van der Waals surface area contributed by atoms with E-state index in [0.717, 1.165) is 34.3 Å². The molecule has 0 aliphatic carbocycles. The molecule has 9 nitrogen and oxygen atoms in total. The maximum Gasteiger partial charge on any atom is 0.366 e. The summed E-state index contributed by atoms with van der Waals surface area (Å²) in [4.78, 5) is 34.9. The van der Waals surface area contributed by atoms with Crippen LogP contribution in [0, 0.1) is 0 Å². The molecule has 0 radical (unpaired) electrons. The summed E-state index contributed by atoms with van der Waals surface area (Å²) in [6.45, 7) is 7.33. The third kappa shape index (κ3) is 12.1. The van der Waals surface area contributed by atoms with Gasteiger partial charge in [-0.3, -0.25) is 0 Å². The molecule has 0 bridgehead atoms. The standard InChI is InChI=1S/C39H37FO9/c1-3-45-37(41)27-44-23-6-26-47-35-19-15-33(16-20-35)39(43)49-36-21-13-32(14-22-36)30-9-7-29(8-10-30)31-11-17-34(18-12-31)46-24-4-5-25-48-38(42)28(2)40/h3,7-22H,1-2,4-6,23-27H2. The zero-order chi connectivity index (χ0) is 34.8. The number of unbranched alkanes of at least 4 members (excludes halogenated alkanes) is 1. The smallest absolute Gasteiger partial charge is 0.366 e. The normalized spacial score (nSPS) is 10.5. The highest BCUT2D eigenvalue weighted by molar-refractivity contribution is 5.91. The van der Waals surface area contributed by atoms with E-state index in [0.29, 0.717) is 56.1 Å². The lowest BCUT2D eigenvalue weighted by Gasteiger charge is -2.09. The molecule has 0 saturated carbocycles. The molecule has 254 valence electrons. The number of esters is 3. The van der Waals surface area contributed by atoms with Crippen LogP contribution in [0.25, 0.3) is 22.3 Å². The van der Waals surface area contributed by atoms with Gasteiger partial charge >= 0.3 is 17.9 Å². The molecule has 0 N–H and O–H groups in total. The summed E-state index contributed by atoms with van der Waals surface area (Å²) in [5.74, 6) is -1.37. The van der Waals surface area contributed by atoms with Crippen molar-refractivity contribution in [3.05, 3.63) is 128 Å². The molecule has 0 aliphatic rings. The number of hydrogen-bond acceptors (Lipinski definition) is 9. The zero-order valence-electron chi connectivity index (χ0n) is 26.9. The van der Waals surface area contributed by atoms with Gasteiger partial charge in [-0.2, -0.15) is 4.39 Å². The fourth-order valence-electron chi connectivity index (χ4n) is 4.44. The summed E-state index contributed by atoms with van der Waals surface area (Å²) in [5.41, 5.74) is 4.46. The van der Waals surface area contributed by atoms with Crippen LogP contribution < -0.4 is 14.2 Å². The van der Waals surface area contributed by atoms with E-state index in [1.54, 1.807) is 36.4 Å². The van der Waals surface area contributed by atoms with E-state index in [1.807, 2.05) is 60.7 Å². The molecule has 0 saturated heterocycles. The van der Waals surface area contributed by atoms with Gasteiger partial charge in [0, 0.05) is 6.42 Å². The van der Waals surface area contributed by atoms with Crippen molar-refractivity contribution in [2.45, 2.75) is 19.3 Å². The Morgan fingerprint density at radius 2 is 1.08 bits per heavy atom. The van der Waals surface area contributed by atoms with Crippen LogP contribution >= 0.6 is 0 Å². The Bertz CT molecular complexity index is 1680. The molecule has 0 atom stereocenters. The predicted molar refractivity (Wildman–Crippen MR) is 182 cm³/mol. The Balaban J connectivity index is 1.18. The average molecular weight is 669 g/mol. The van der Waals surface area contributed by atoms with E-state index in [2.05, 4.69) is 17.9 Å². The molecule has 0 fully saturated rings. The molecule has 10 heteroatoms. The lowest BCUT2D eigenvalue weighted by atomic mass is 10.0. The largest absolute Gasteiger partial charge is 0.494 e. The van der Waals surface area contributed by atoms with E-state index in [1.165, 1.54) is 0 Å². The van der Waals surface area contributed by atoms with Gasteiger partial charge in [0.15, 0.2) is 0 Å². The Kier molecular flexibility index (Phi) is 14.1. The minimum Gasteiger partial charge on any atom is -0.494 e. The molecular weight excluding hydrogens is 631 g/mol. The molecule has 0 heterocycles. The zero-order valence-corrected chi connectivity index (χ0v) is 26.9. The summed E-state index contributed by atoms with van der Waals surface area (Å²) in [6.07, 6.45) is 2.84. The van der Waals surface area contributed by atoms with Crippen LogP contribution in [0.1, 0.15) is 29.6 Å². The van der Waals surface area contributed by atoms with Crippen LogP contribution in [-0.2, 0) is 23.8 Å². The van der Waals surface area contributed by atoms with Crippen molar-refractivity contribution in [1.82, 2.24) is 0 Å². The number of hydrogen-bond donors (Lipinski definition) is 0. The van der Waals surface area contributed by atoms with Gasteiger partial charge in [-0.15, -0.1) is 0 Å². The highest BCUT2D eigenvalue weighted by Crippen LogP contribution is 2.28. The van der Waals surface area contributed by atoms with Gasteiger partial charge in [-0.1, -0.05) is 61.7 Å². The van der Waals surface area contributed by atoms with E-state index in [-0.39, 0.29) is 13.2 Å². The Hall–Kier alpha value is -5.74. The number of rotatable bonds is 19. The van der Waals surface area contributed by atoms with Crippen molar-refractivity contribution in [1.29, 1.82) is 0 Å². The van der Waals surface area contributed by atoms with Gasteiger partial charge in [0.2, 0.25) is 5.83 Å². The third-order valence-electron chi connectivity index (χ3n) is 6.96. The average Bonchev–Trinajstić information content (AvgIpc) is 3.12. The monoisotopic (exact) mass is 668 g/mol. The van der Waals surface area contributed by atoms with E-state index in [9.17, 15) is 18.8 Å². The lowest BCUT2D eigenvalue weighted by Crippen LogP contribution is -2.12. The Labute approximate surface area is 284 Å². The van der Waals surface area contributed by atoms with Crippen molar-refractivity contribution >= 4 is 17.9 Å². The first-order chi connectivity index (χ1) is 23.8. The first-order valence-electron chi connectivity index (χ1n) is 15.6. The van der Waals surface area contributed by atoms with Gasteiger partial charge in [0.05, 0.1) is 38.3 Å². The molecule has 0 aliphatic heterocycles. The number of halogens is 1. The third-order valence-corrected chi connectivity index (χ3v) is 6.96. The second-order valence-corrected chi connectivity index (χ2v) is 10.5. The molecule has 0 amide bonds. The minimum atomic E-state index is -1.10. The fourth-order valence-corrected chi connectivity index (χ4v) is 4.44. The number of ether oxygens (including phenoxy) is 6. The van der Waals surface area contributed by atoms with E-state index < -0.39 is 23.7 Å². The molecule has 0 unspecified atom stereocenters. The quantitative estimate of drug-likeness (QED) is 0.0324. The first-order valence-corrected chi connectivity index (χ1v) is 15.6. The maximum atomic E-state index is 12.7.